The van der Waals surface area contributed by atoms with Crippen LogP contribution < -0.4 is 5.73 Å². The highest BCUT2D eigenvalue weighted by Crippen LogP contribution is 2.23. The summed E-state index contributed by atoms with van der Waals surface area (Å²) in [4.78, 5) is 2.06. The molecule has 1 aliphatic rings. The van der Waals surface area contributed by atoms with Crippen molar-refractivity contribution in [3.8, 4) is 0 Å². The molecule has 0 radical (unpaired) electrons. The number of amidine groups is 1. The Morgan fingerprint density at radius 2 is 1.83 bits per heavy atom. The maximum Gasteiger partial charge on any atom is 0.144 e. The van der Waals surface area contributed by atoms with Crippen LogP contribution in [0, 0.1) is 5.41 Å². The quantitative estimate of drug-likeness (QED) is 0.176. The maximum absolute atomic E-state index is 9.41. The lowest BCUT2D eigenvalue weighted by atomic mass is 9.86. The zero-order valence-electron chi connectivity index (χ0n) is 11.2. The number of nitrogens with two attached hydrogens (primary N) is 1. The Labute approximate surface area is 108 Å². The van der Waals surface area contributed by atoms with Gasteiger partial charge >= 0.3 is 0 Å². The number of β-amino-alcohol motifs (C(OH)–C–C–N with tert-alkyl or cyclic N) is 2. The SMILES string of the molecule is CC(C)(CCCCN1CC(O)C(O)C1)C(N)=NO. The molecule has 18 heavy (non-hydrogen) atoms. The molecular weight excluding hydrogens is 234 g/mol. The molecule has 6 heteroatoms. The van der Waals surface area contributed by atoms with Crippen LogP contribution in [-0.4, -0.2) is 58.0 Å². The minimum atomic E-state index is -0.612. The Morgan fingerprint density at radius 3 is 2.33 bits per heavy atom. The number of likely N-dealkylation sites (tertiary alicyclic amines) is 1. The molecule has 0 aromatic heterocycles. The smallest absolute Gasteiger partial charge is 0.144 e. The fraction of sp³-hybridized carbons (Fsp3) is 0.917. The minimum Gasteiger partial charge on any atom is -0.409 e. The molecule has 5 N–H and O–H groups in total. The predicted molar refractivity (Wildman–Crippen MR) is 69.5 cm³/mol. The average molecular weight is 259 g/mol. The topological polar surface area (TPSA) is 102 Å². The molecule has 0 spiro atoms. The Kier molecular flexibility index (Phi) is 5.37. The number of aliphatic hydroxyl groups excluding tert-OH is 2. The van der Waals surface area contributed by atoms with E-state index in [4.69, 9.17) is 10.9 Å². The van der Waals surface area contributed by atoms with Crippen LogP contribution in [0.15, 0.2) is 5.16 Å². The van der Waals surface area contributed by atoms with Gasteiger partial charge in [0.05, 0.1) is 12.2 Å². The van der Waals surface area contributed by atoms with E-state index < -0.39 is 12.2 Å². The lowest BCUT2D eigenvalue weighted by molar-refractivity contribution is 0.0572. The molecular formula is C12H25N3O3. The normalized spacial score (nSPS) is 26.8. The van der Waals surface area contributed by atoms with E-state index in [1.807, 2.05) is 13.8 Å². The molecule has 0 bridgehead atoms. The van der Waals surface area contributed by atoms with E-state index >= 15 is 0 Å². The van der Waals surface area contributed by atoms with E-state index in [-0.39, 0.29) is 11.3 Å². The van der Waals surface area contributed by atoms with Gasteiger partial charge in [0.1, 0.15) is 5.84 Å². The predicted octanol–water partition coefficient (Wildman–Crippen LogP) is -0.0333. The van der Waals surface area contributed by atoms with E-state index in [1.165, 1.54) is 0 Å². The Balaban J connectivity index is 2.20. The highest BCUT2D eigenvalue weighted by atomic mass is 16.4. The number of hydrogen-bond donors (Lipinski definition) is 4. The van der Waals surface area contributed by atoms with Crippen LogP contribution in [0.1, 0.15) is 33.1 Å². The standard InChI is InChI=1S/C12H25N3O3/c1-12(2,11(13)14-18)5-3-4-6-15-7-9(16)10(17)8-15/h9-10,16-18H,3-8H2,1-2H3,(H2,13,14). The third kappa shape index (κ3) is 4.12. The van der Waals surface area contributed by atoms with Crippen LogP contribution in [0.4, 0.5) is 0 Å². The lowest BCUT2D eigenvalue weighted by Gasteiger charge is -2.23. The molecule has 0 saturated carbocycles. The largest absolute Gasteiger partial charge is 0.409 e. The summed E-state index contributed by atoms with van der Waals surface area (Å²) in [6.07, 6.45) is 1.56. The van der Waals surface area contributed by atoms with E-state index in [1.54, 1.807) is 0 Å². The maximum atomic E-state index is 9.41. The van der Waals surface area contributed by atoms with Gasteiger partial charge in [-0.05, 0) is 19.4 Å². The van der Waals surface area contributed by atoms with Crippen LogP contribution in [0.2, 0.25) is 0 Å². The summed E-state index contributed by atoms with van der Waals surface area (Å²) >= 11 is 0. The van der Waals surface area contributed by atoms with Crippen LogP contribution in [-0.2, 0) is 0 Å². The second-order valence-corrected chi connectivity index (χ2v) is 5.72. The van der Waals surface area contributed by atoms with Crippen LogP contribution >= 0.6 is 0 Å². The summed E-state index contributed by atoms with van der Waals surface area (Å²) in [5, 5.41) is 30.5. The van der Waals surface area contributed by atoms with Gasteiger partial charge < -0.3 is 21.2 Å². The van der Waals surface area contributed by atoms with Crippen molar-refractivity contribution in [3.63, 3.8) is 0 Å². The first-order valence-corrected chi connectivity index (χ1v) is 6.43. The molecule has 0 amide bonds. The molecule has 2 unspecified atom stereocenters. The van der Waals surface area contributed by atoms with Gasteiger partial charge in [0.25, 0.3) is 0 Å². The van der Waals surface area contributed by atoms with Gasteiger partial charge in [0.15, 0.2) is 0 Å². The second kappa shape index (κ2) is 6.36. The van der Waals surface area contributed by atoms with Crippen LogP contribution in [0.5, 0.6) is 0 Å². The number of oxime groups is 1. The van der Waals surface area contributed by atoms with Crippen molar-refractivity contribution >= 4 is 5.84 Å². The monoisotopic (exact) mass is 259 g/mol. The highest BCUT2D eigenvalue weighted by molar-refractivity contribution is 5.85. The summed E-state index contributed by atoms with van der Waals surface area (Å²) in [7, 11) is 0. The fourth-order valence-corrected chi connectivity index (χ4v) is 2.20. The number of hydrogen-bond acceptors (Lipinski definition) is 5. The summed E-state index contributed by atoms with van der Waals surface area (Å²) < 4.78 is 0. The first-order valence-electron chi connectivity index (χ1n) is 6.43. The van der Waals surface area contributed by atoms with Crippen LogP contribution in [0.25, 0.3) is 0 Å². The van der Waals surface area contributed by atoms with Crippen molar-refractivity contribution < 1.29 is 15.4 Å². The first kappa shape index (κ1) is 15.2. The van der Waals surface area contributed by atoms with E-state index in [0.717, 1.165) is 25.8 Å². The first-order chi connectivity index (χ1) is 8.36. The zero-order chi connectivity index (χ0) is 13.8. The summed E-state index contributed by atoms with van der Waals surface area (Å²) in [6.45, 7) is 5.85. The Bertz CT molecular complexity index is 284. The van der Waals surface area contributed by atoms with Crippen molar-refractivity contribution in [2.45, 2.75) is 45.3 Å². The molecule has 106 valence electrons. The number of nitrogens with zero attached hydrogens (tertiary/aromatic N) is 2. The number of unbranched alkanes of at least 4 members (excludes halogenated alkanes) is 1. The molecule has 1 rings (SSSR count). The minimum absolute atomic E-state index is 0.259. The van der Waals surface area contributed by atoms with E-state index in [9.17, 15) is 10.2 Å². The van der Waals surface area contributed by atoms with Crippen LogP contribution in [0.3, 0.4) is 0 Å². The molecule has 0 aromatic rings. The molecule has 0 aliphatic carbocycles. The van der Waals surface area contributed by atoms with Gasteiger partial charge in [-0.25, -0.2) is 0 Å². The Hall–Kier alpha value is -0.850. The van der Waals surface area contributed by atoms with Gasteiger partial charge in [0.2, 0.25) is 0 Å². The van der Waals surface area contributed by atoms with Crippen molar-refractivity contribution in [2.24, 2.45) is 16.3 Å². The molecule has 2 atom stereocenters. The third-order valence-corrected chi connectivity index (χ3v) is 3.66. The highest BCUT2D eigenvalue weighted by Gasteiger charge is 2.29. The number of rotatable bonds is 6. The molecule has 1 heterocycles. The van der Waals surface area contributed by atoms with E-state index in [0.29, 0.717) is 13.1 Å². The molecule has 1 saturated heterocycles. The van der Waals surface area contributed by atoms with Crippen molar-refractivity contribution in [1.29, 1.82) is 0 Å². The van der Waals surface area contributed by atoms with Crippen molar-refractivity contribution in [2.75, 3.05) is 19.6 Å². The Morgan fingerprint density at radius 1 is 1.28 bits per heavy atom. The molecule has 1 fully saturated rings. The zero-order valence-corrected chi connectivity index (χ0v) is 11.2. The molecule has 6 nitrogen and oxygen atoms in total. The second-order valence-electron chi connectivity index (χ2n) is 5.72. The molecule has 1 aliphatic heterocycles. The molecule has 0 aromatic carbocycles. The van der Waals surface area contributed by atoms with E-state index in [2.05, 4.69) is 10.1 Å². The van der Waals surface area contributed by atoms with Gasteiger partial charge in [-0.2, -0.15) is 0 Å². The van der Waals surface area contributed by atoms with Gasteiger partial charge in [-0.3, -0.25) is 4.90 Å². The fourth-order valence-electron chi connectivity index (χ4n) is 2.20. The van der Waals surface area contributed by atoms with Crippen molar-refractivity contribution in [1.82, 2.24) is 4.90 Å². The summed E-state index contributed by atoms with van der Waals surface area (Å²) in [5.41, 5.74) is 5.32. The van der Waals surface area contributed by atoms with Gasteiger partial charge in [-0.1, -0.05) is 25.4 Å². The van der Waals surface area contributed by atoms with Gasteiger partial charge in [0, 0.05) is 18.5 Å². The summed E-state index contributed by atoms with van der Waals surface area (Å²) in [6, 6.07) is 0. The lowest BCUT2D eigenvalue weighted by Crippen LogP contribution is -2.32. The number of aliphatic hydroxyl groups is 2. The third-order valence-electron chi connectivity index (χ3n) is 3.66. The average Bonchev–Trinajstić information content (AvgIpc) is 2.63. The van der Waals surface area contributed by atoms with Crippen molar-refractivity contribution in [3.05, 3.63) is 0 Å². The summed E-state index contributed by atoms with van der Waals surface area (Å²) in [5.74, 6) is 0.259. The van der Waals surface area contributed by atoms with Gasteiger partial charge in [-0.15, -0.1) is 0 Å².